The minimum Gasteiger partial charge on any atom is -0.508 e. The van der Waals surface area contributed by atoms with Crippen LogP contribution < -0.4 is 5.09 Å². The summed E-state index contributed by atoms with van der Waals surface area (Å²) in [6, 6.07) is 6.85. The third-order valence-corrected chi connectivity index (χ3v) is 1.37. The van der Waals surface area contributed by atoms with Crippen LogP contribution in [-0.4, -0.2) is 5.11 Å². The van der Waals surface area contributed by atoms with E-state index in [0.717, 1.165) is 5.69 Å². The lowest BCUT2D eigenvalue weighted by atomic mass is 10.3. The van der Waals surface area contributed by atoms with Crippen LogP contribution in [-0.2, 0) is 0 Å². The quantitative estimate of drug-likeness (QED) is 0.503. The lowest BCUT2D eigenvalue weighted by Crippen LogP contribution is -1.75. The van der Waals surface area contributed by atoms with E-state index in [1.807, 2.05) is 13.8 Å². The number of rotatable bonds is 1. The molecule has 1 aromatic rings. The van der Waals surface area contributed by atoms with E-state index in [1.54, 1.807) is 24.3 Å². The van der Waals surface area contributed by atoms with E-state index in [1.165, 1.54) is 0 Å². The second-order valence-corrected chi connectivity index (χ2v) is 1.98. The maximum absolute atomic E-state index is 8.82. The standard InChI is InChI=1S/C6H8NOP.C2H6/c8-6-3-1-5(7-9)2-4-6;1-2/h1-4,7-8H,9H2;1-2H3. The summed E-state index contributed by atoms with van der Waals surface area (Å²) in [5.41, 5.74) is 0.970. The van der Waals surface area contributed by atoms with Crippen molar-refractivity contribution in [3.8, 4) is 5.75 Å². The fourth-order valence-electron chi connectivity index (χ4n) is 0.558. The first kappa shape index (κ1) is 10.2. The van der Waals surface area contributed by atoms with Crippen molar-refractivity contribution in [3.05, 3.63) is 24.3 Å². The van der Waals surface area contributed by atoms with Crippen LogP contribution in [0.3, 0.4) is 0 Å². The summed E-state index contributed by atoms with van der Waals surface area (Å²) < 4.78 is 0. The van der Waals surface area contributed by atoms with Crippen molar-refractivity contribution in [1.82, 2.24) is 0 Å². The van der Waals surface area contributed by atoms with E-state index in [-0.39, 0.29) is 0 Å². The van der Waals surface area contributed by atoms with Crippen molar-refractivity contribution in [2.45, 2.75) is 13.8 Å². The van der Waals surface area contributed by atoms with Gasteiger partial charge in [-0.3, -0.25) is 0 Å². The lowest BCUT2D eigenvalue weighted by Gasteiger charge is -1.96. The molecule has 2 nitrogen and oxygen atoms in total. The van der Waals surface area contributed by atoms with Gasteiger partial charge in [0.25, 0.3) is 0 Å². The van der Waals surface area contributed by atoms with Crippen LogP contribution in [0.5, 0.6) is 5.75 Å². The van der Waals surface area contributed by atoms with Gasteiger partial charge < -0.3 is 10.2 Å². The Morgan fingerprint density at radius 3 is 2.00 bits per heavy atom. The summed E-state index contributed by atoms with van der Waals surface area (Å²) in [5, 5.41) is 11.7. The summed E-state index contributed by atoms with van der Waals surface area (Å²) in [4.78, 5) is 0. The topological polar surface area (TPSA) is 32.3 Å². The summed E-state index contributed by atoms with van der Waals surface area (Å²) in [6.45, 7) is 4.00. The van der Waals surface area contributed by atoms with E-state index < -0.39 is 0 Å². The van der Waals surface area contributed by atoms with Gasteiger partial charge in [-0.1, -0.05) is 13.8 Å². The van der Waals surface area contributed by atoms with Crippen molar-refractivity contribution < 1.29 is 5.11 Å². The highest BCUT2D eigenvalue weighted by Gasteiger charge is 1.85. The van der Waals surface area contributed by atoms with E-state index in [0.29, 0.717) is 5.75 Å². The molecule has 0 saturated heterocycles. The highest BCUT2D eigenvalue weighted by Crippen LogP contribution is 2.14. The van der Waals surface area contributed by atoms with Gasteiger partial charge in [0.2, 0.25) is 0 Å². The molecular weight excluding hydrogens is 157 g/mol. The number of anilines is 1. The van der Waals surface area contributed by atoms with Gasteiger partial charge in [-0.25, -0.2) is 0 Å². The number of aromatic hydroxyl groups is 1. The van der Waals surface area contributed by atoms with E-state index in [2.05, 4.69) is 14.5 Å². The van der Waals surface area contributed by atoms with E-state index in [4.69, 9.17) is 5.11 Å². The van der Waals surface area contributed by atoms with Gasteiger partial charge in [0.05, 0.1) is 0 Å². The Labute approximate surface area is 69.9 Å². The largest absolute Gasteiger partial charge is 0.508 e. The predicted molar refractivity (Wildman–Crippen MR) is 52.8 cm³/mol. The van der Waals surface area contributed by atoms with Gasteiger partial charge >= 0.3 is 0 Å². The molecule has 0 aliphatic carbocycles. The summed E-state index contributed by atoms with van der Waals surface area (Å²) in [7, 11) is 2.38. The third-order valence-electron chi connectivity index (χ3n) is 1.03. The molecule has 2 N–H and O–H groups in total. The first-order valence-electron chi connectivity index (χ1n) is 3.58. The molecular formula is C8H14NOP. The fourth-order valence-corrected chi connectivity index (χ4v) is 0.750. The molecule has 1 aromatic carbocycles. The molecule has 62 valence electrons. The number of phenolic OH excluding ortho intramolecular Hbond substituents is 1. The number of phenols is 1. The molecule has 0 spiro atoms. The van der Waals surface area contributed by atoms with Crippen LogP contribution in [0.4, 0.5) is 5.69 Å². The van der Waals surface area contributed by atoms with Crippen molar-refractivity contribution in [2.75, 3.05) is 5.09 Å². The van der Waals surface area contributed by atoms with Crippen molar-refractivity contribution in [1.29, 1.82) is 0 Å². The highest BCUT2D eigenvalue weighted by molar-refractivity contribution is 7.18. The van der Waals surface area contributed by atoms with Crippen molar-refractivity contribution >= 4 is 15.1 Å². The zero-order valence-electron chi connectivity index (χ0n) is 6.83. The SMILES string of the molecule is CC.Oc1ccc(NP)cc1. The van der Waals surface area contributed by atoms with E-state index >= 15 is 0 Å². The molecule has 1 unspecified atom stereocenters. The monoisotopic (exact) mass is 171 g/mol. The Balaban J connectivity index is 0.000000461. The van der Waals surface area contributed by atoms with Crippen LogP contribution in [0.2, 0.25) is 0 Å². The molecule has 0 radical (unpaired) electrons. The number of hydrogen-bond donors (Lipinski definition) is 2. The predicted octanol–water partition coefficient (Wildman–Crippen LogP) is 2.62. The van der Waals surface area contributed by atoms with Gasteiger partial charge in [-0.15, -0.1) is 0 Å². The van der Waals surface area contributed by atoms with Crippen LogP contribution in [0.15, 0.2) is 24.3 Å². The number of hydrogen-bond acceptors (Lipinski definition) is 2. The normalized spacial score (nSPS) is 7.91. The number of benzene rings is 1. The molecule has 0 aliphatic heterocycles. The third kappa shape index (κ3) is 3.84. The van der Waals surface area contributed by atoms with E-state index in [9.17, 15) is 0 Å². The Bertz CT molecular complexity index is 186. The highest BCUT2D eigenvalue weighted by atomic mass is 31.0. The first-order chi connectivity index (χ1) is 5.33. The zero-order valence-corrected chi connectivity index (χ0v) is 7.99. The van der Waals surface area contributed by atoms with Gasteiger partial charge in [-0.2, -0.15) is 0 Å². The average Bonchev–Trinajstić information content (AvgIpc) is 2.10. The molecule has 0 amide bonds. The molecule has 0 heterocycles. The average molecular weight is 171 g/mol. The Morgan fingerprint density at radius 1 is 1.18 bits per heavy atom. The molecule has 0 saturated carbocycles. The zero-order chi connectivity index (χ0) is 8.69. The molecule has 1 rings (SSSR count). The molecule has 0 bridgehead atoms. The minimum atomic E-state index is 0.291. The van der Waals surface area contributed by atoms with Gasteiger partial charge in [0.1, 0.15) is 5.75 Å². The fraction of sp³-hybridized carbons (Fsp3) is 0.250. The van der Waals surface area contributed by atoms with Gasteiger partial charge in [-0.05, 0) is 33.7 Å². The van der Waals surface area contributed by atoms with Crippen molar-refractivity contribution in [2.24, 2.45) is 0 Å². The Kier molecular flexibility index (Phi) is 5.58. The minimum absolute atomic E-state index is 0.291. The molecule has 1 atom stereocenters. The van der Waals surface area contributed by atoms with Gasteiger partial charge in [0, 0.05) is 5.69 Å². The number of nitrogens with one attached hydrogen (secondary N) is 1. The van der Waals surface area contributed by atoms with Crippen LogP contribution in [0, 0.1) is 0 Å². The molecule has 0 aromatic heterocycles. The molecule has 0 fully saturated rings. The first-order valence-corrected chi connectivity index (χ1v) is 4.16. The van der Waals surface area contributed by atoms with Crippen LogP contribution in [0.25, 0.3) is 0 Å². The molecule has 0 aliphatic rings. The maximum Gasteiger partial charge on any atom is 0.115 e. The summed E-state index contributed by atoms with van der Waals surface area (Å²) in [5.74, 6) is 0.291. The second-order valence-electron chi connectivity index (χ2n) is 1.69. The maximum atomic E-state index is 8.82. The summed E-state index contributed by atoms with van der Waals surface area (Å²) >= 11 is 0. The smallest absolute Gasteiger partial charge is 0.115 e. The van der Waals surface area contributed by atoms with Gasteiger partial charge in [0.15, 0.2) is 0 Å². The molecule has 3 heteroatoms. The Hall–Kier alpha value is -0.750. The van der Waals surface area contributed by atoms with Crippen molar-refractivity contribution in [3.63, 3.8) is 0 Å². The lowest BCUT2D eigenvalue weighted by molar-refractivity contribution is 0.475. The van der Waals surface area contributed by atoms with Crippen LogP contribution in [0.1, 0.15) is 13.8 Å². The molecule has 11 heavy (non-hydrogen) atoms. The summed E-state index contributed by atoms with van der Waals surface area (Å²) in [6.07, 6.45) is 0. The van der Waals surface area contributed by atoms with Crippen LogP contribution >= 0.6 is 9.39 Å². The second kappa shape index (κ2) is 5.99. The Morgan fingerprint density at radius 2 is 1.64 bits per heavy atom.